The fourth-order valence-corrected chi connectivity index (χ4v) is 1.44. The van der Waals surface area contributed by atoms with E-state index in [4.69, 9.17) is 5.73 Å². The molecule has 1 aromatic carbocycles. The molecule has 0 aliphatic heterocycles. The molecule has 0 atom stereocenters. The first-order chi connectivity index (χ1) is 8.58. The number of hydrogen-bond acceptors (Lipinski definition) is 3. The number of hydrogen-bond donors (Lipinski definition) is 3. The number of anilines is 2. The monoisotopic (exact) mass is 252 g/mol. The van der Waals surface area contributed by atoms with Crippen molar-refractivity contribution in [2.24, 2.45) is 0 Å². The Morgan fingerprint density at radius 2 is 2.22 bits per heavy atom. The lowest BCUT2D eigenvalue weighted by Crippen LogP contribution is -2.16. The lowest BCUT2D eigenvalue weighted by molar-refractivity contribution is -0.115. The van der Waals surface area contributed by atoms with Crippen molar-refractivity contribution in [3.8, 4) is 0 Å². The number of aromatic amines is 1. The minimum atomic E-state index is -1.02. The zero-order chi connectivity index (χ0) is 13.1. The lowest BCUT2D eigenvalue weighted by atomic mass is 10.1. The van der Waals surface area contributed by atoms with E-state index in [0.29, 0.717) is 0 Å². The summed E-state index contributed by atoms with van der Waals surface area (Å²) in [4.78, 5) is 11.6. The first-order valence-corrected chi connectivity index (χ1v) is 5.09. The van der Waals surface area contributed by atoms with Gasteiger partial charge in [-0.25, -0.2) is 8.78 Å². The number of H-pyrrole nitrogens is 1. The highest BCUT2D eigenvalue weighted by Crippen LogP contribution is 2.15. The summed E-state index contributed by atoms with van der Waals surface area (Å²) >= 11 is 0. The summed E-state index contributed by atoms with van der Waals surface area (Å²) in [7, 11) is 0. The Kier molecular flexibility index (Phi) is 3.22. The highest BCUT2D eigenvalue weighted by molar-refractivity contribution is 5.93. The van der Waals surface area contributed by atoms with Gasteiger partial charge in [0.25, 0.3) is 0 Å². The third-order valence-corrected chi connectivity index (χ3v) is 2.32. The van der Waals surface area contributed by atoms with Crippen molar-refractivity contribution < 1.29 is 13.6 Å². The number of nitrogens with zero attached hydrogens (tertiary/aromatic N) is 1. The van der Waals surface area contributed by atoms with Crippen LogP contribution in [0.1, 0.15) is 5.56 Å². The number of nitrogen functional groups attached to an aromatic ring is 1. The van der Waals surface area contributed by atoms with Gasteiger partial charge in [-0.1, -0.05) is 12.1 Å². The van der Waals surface area contributed by atoms with Crippen LogP contribution in [0, 0.1) is 11.6 Å². The Hall–Kier alpha value is -2.44. The highest BCUT2D eigenvalue weighted by Gasteiger charge is 2.13. The molecule has 7 heteroatoms. The zero-order valence-corrected chi connectivity index (χ0v) is 9.21. The molecule has 1 heterocycles. The van der Waals surface area contributed by atoms with E-state index in [9.17, 15) is 13.6 Å². The van der Waals surface area contributed by atoms with E-state index in [0.717, 1.165) is 6.07 Å². The van der Waals surface area contributed by atoms with Crippen LogP contribution in [0.5, 0.6) is 0 Å². The van der Waals surface area contributed by atoms with Crippen LogP contribution >= 0.6 is 0 Å². The number of carbonyl (C=O) groups excluding carboxylic acids is 1. The van der Waals surface area contributed by atoms with Gasteiger partial charge in [-0.05, 0) is 6.07 Å². The summed E-state index contributed by atoms with van der Waals surface area (Å²) in [6.45, 7) is 0. The Labute approximate surface area is 101 Å². The highest BCUT2D eigenvalue weighted by atomic mass is 19.2. The molecular formula is C11H10F2N4O. The van der Waals surface area contributed by atoms with Gasteiger partial charge >= 0.3 is 0 Å². The van der Waals surface area contributed by atoms with Crippen LogP contribution in [-0.2, 0) is 11.2 Å². The summed E-state index contributed by atoms with van der Waals surface area (Å²) in [6, 6.07) is 3.67. The van der Waals surface area contributed by atoms with Gasteiger partial charge in [0.05, 0.1) is 18.3 Å². The molecule has 5 nitrogen and oxygen atoms in total. The first kappa shape index (κ1) is 12.0. The topological polar surface area (TPSA) is 83.8 Å². The van der Waals surface area contributed by atoms with Crippen LogP contribution in [0.15, 0.2) is 24.4 Å². The van der Waals surface area contributed by atoms with E-state index in [1.54, 1.807) is 0 Å². The van der Waals surface area contributed by atoms with Gasteiger partial charge < -0.3 is 11.1 Å². The van der Waals surface area contributed by atoms with Gasteiger partial charge in [0, 0.05) is 5.56 Å². The summed E-state index contributed by atoms with van der Waals surface area (Å²) in [6.07, 6.45) is 1.04. The zero-order valence-electron chi connectivity index (χ0n) is 9.21. The smallest absolute Gasteiger partial charge is 0.230 e. The minimum Gasteiger partial charge on any atom is -0.394 e. The van der Waals surface area contributed by atoms with Gasteiger partial charge in [0.2, 0.25) is 5.91 Å². The quantitative estimate of drug-likeness (QED) is 0.773. The third-order valence-electron chi connectivity index (χ3n) is 2.32. The molecule has 0 radical (unpaired) electrons. The largest absolute Gasteiger partial charge is 0.394 e. The second-order valence-corrected chi connectivity index (χ2v) is 3.64. The van der Waals surface area contributed by atoms with Crippen LogP contribution in [0.2, 0.25) is 0 Å². The Bertz CT molecular complexity index is 582. The van der Waals surface area contributed by atoms with Crippen molar-refractivity contribution in [3.63, 3.8) is 0 Å². The maximum Gasteiger partial charge on any atom is 0.230 e. The molecule has 0 fully saturated rings. The van der Waals surface area contributed by atoms with E-state index < -0.39 is 17.5 Å². The number of aromatic nitrogens is 2. The van der Waals surface area contributed by atoms with Gasteiger partial charge in [-0.15, -0.1) is 0 Å². The Morgan fingerprint density at radius 3 is 2.89 bits per heavy atom. The van der Waals surface area contributed by atoms with Gasteiger partial charge in [0.15, 0.2) is 17.5 Å². The minimum absolute atomic E-state index is 0.0226. The molecule has 0 aliphatic carbocycles. The van der Waals surface area contributed by atoms with Crippen LogP contribution in [0.4, 0.5) is 20.3 Å². The molecule has 0 spiro atoms. The number of nitrogens with two attached hydrogens (primary N) is 1. The normalized spacial score (nSPS) is 10.3. The van der Waals surface area contributed by atoms with E-state index in [1.807, 2.05) is 0 Å². The van der Waals surface area contributed by atoms with Crippen LogP contribution in [0.3, 0.4) is 0 Å². The molecule has 4 N–H and O–H groups in total. The molecule has 2 aromatic rings. The number of rotatable bonds is 3. The number of nitrogens with one attached hydrogen (secondary N) is 2. The molecular weight excluding hydrogens is 242 g/mol. The summed E-state index contributed by atoms with van der Waals surface area (Å²) in [5, 5.41) is 8.50. The Balaban J connectivity index is 2.08. The van der Waals surface area contributed by atoms with Crippen LogP contribution < -0.4 is 11.1 Å². The van der Waals surface area contributed by atoms with E-state index in [-0.39, 0.29) is 23.5 Å². The molecule has 2 rings (SSSR count). The van der Waals surface area contributed by atoms with Crippen molar-refractivity contribution in [3.05, 3.63) is 41.6 Å². The average molecular weight is 252 g/mol. The molecule has 0 unspecified atom stereocenters. The van der Waals surface area contributed by atoms with Crippen molar-refractivity contribution in [1.82, 2.24) is 10.2 Å². The maximum absolute atomic E-state index is 13.3. The van der Waals surface area contributed by atoms with E-state index in [2.05, 4.69) is 15.5 Å². The predicted molar refractivity (Wildman–Crippen MR) is 61.7 cm³/mol. The van der Waals surface area contributed by atoms with E-state index >= 15 is 0 Å². The van der Waals surface area contributed by atoms with Crippen molar-refractivity contribution in [2.45, 2.75) is 6.42 Å². The number of benzene rings is 1. The molecule has 18 heavy (non-hydrogen) atoms. The van der Waals surface area contributed by atoms with Crippen molar-refractivity contribution in [1.29, 1.82) is 0 Å². The van der Waals surface area contributed by atoms with Crippen LogP contribution in [-0.4, -0.2) is 16.1 Å². The molecule has 0 bridgehead atoms. The maximum atomic E-state index is 13.3. The summed E-state index contributed by atoms with van der Waals surface area (Å²) in [5.41, 5.74) is 5.74. The second-order valence-electron chi connectivity index (χ2n) is 3.64. The van der Waals surface area contributed by atoms with Crippen molar-refractivity contribution >= 4 is 17.4 Å². The van der Waals surface area contributed by atoms with Crippen LogP contribution in [0.25, 0.3) is 0 Å². The predicted octanol–water partition coefficient (Wildman–Crippen LogP) is 1.45. The van der Waals surface area contributed by atoms with Gasteiger partial charge in [-0.2, -0.15) is 5.10 Å². The van der Waals surface area contributed by atoms with Gasteiger partial charge in [0.1, 0.15) is 0 Å². The van der Waals surface area contributed by atoms with Crippen molar-refractivity contribution in [2.75, 3.05) is 11.1 Å². The second kappa shape index (κ2) is 4.82. The standard InChI is InChI=1S/C11H10F2N4O/c12-7-3-1-2-6(10(7)13)4-9(18)16-11-8(14)5-15-17-11/h1-3,5H,4,14H2,(H2,15,16,17,18). The number of amides is 1. The fraction of sp³-hybridized carbons (Fsp3) is 0.0909. The Morgan fingerprint density at radius 1 is 1.44 bits per heavy atom. The molecule has 1 amide bonds. The molecule has 0 saturated heterocycles. The molecule has 0 saturated carbocycles. The average Bonchev–Trinajstić information content (AvgIpc) is 2.71. The van der Waals surface area contributed by atoms with E-state index in [1.165, 1.54) is 18.3 Å². The number of halogens is 2. The summed E-state index contributed by atoms with van der Waals surface area (Å²) < 4.78 is 26.2. The SMILES string of the molecule is Nc1cn[nH]c1NC(=O)Cc1cccc(F)c1F. The molecule has 0 aliphatic rings. The lowest BCUT2D eigenvalue weighted by Gasteiger charge is -2.05. The summed E-state index contributed by atoms with van der Waals surface area (Å²) in [5.74, 6) is -2.29. The fourth-order valence-electron chi connectivity index (χ4n) is 1.44. The molecule has 1 aromatic heterocycles. The van der Waals surface area contributed by atoms with Gasteiger partial charge in [-0.3, -0.25) is 9.89 Å². The number of carbonyl (C=O) groups is 1. The first-order valence-electron chi connectivity index (χ1n) is 5.09. The third kappa shape index (κ3) is 2.45. The molecule has 94 valence electrons.